The summed E-state index contributed by atoms with van der Waals surface area (Å²) < 4.78 is 40.8. The van der Waals surface area contributed by atoms with Gasteiger partial charge in [0.1, 0.15) is 5.75 Å². The largest absolute Gasteiger partial charge is 0.573 e. The number of thiazole rings is 1. The molecule has 0 saturated heterocycles. The second-order valence-corrected chi connectivity index (χ2v) is 5.22. The molecule has 1 heterocycles. The first-order chi connectivity index (χ1) is 10.3. The number of hydrogen-bond acceptors (Lipinski definition) is 5. The van der Waals surface area contributed by atoms with Gasteiger partial charge in [0.15, 0.2) is 5.13 Å². The quantitative estimate of drug-likeness (QED) is 0.879. The van der Waals surface area contributed by atoms with Crippen LogP contribution >= 0.6 is 11.3 Å². The number of nitrogens with one attached hydrogen (secondary N) is 1. The number of hydrogen-bond donors (Lipinski definition) is 2. The Bertz CT molecular complexity index is 674. The van der Waals surface area contributed by atoms with Crippen LogP contribution in [-0.2, 0) is 0 Å². The maximum atomic E-state index is 12.2. The molecule has 0 fully saturated rings. The first-order valence-electron chi connectivity index (χ1n) is 6.11. The molecule has 0 atom stereocenters. The Morgan fingerprint density at radius 3 is 2.82 bits per heavy atom. The Morgan fingerprint density at radius 2 is 2.23 bits per heavy atom. The van der Waals surface area contributed by atoms with E-state index in [2.05, 4.69) is 15.0 Å². The molecule has 1 aromatic heterocycles. The lowest BCUT2D eigenvalue weighted by Gasteiger charge is -2.14. The molecule has 1 aromatic carbocycles. The highest BCUT2D eigenvalue weighted by atomic mass is 32.1. The van der Waals surface area contributed by atoms with Crippen molar-refractivity contribution >= 4 is 32.8 Å². The Kier molecular flexibility index (Phi) is 4.71. The van der Waals surface area contributed by atoms with Crippen LogP contribution in [0.3, 0.4) is 0 Å². The van der Waals surface area contributed by atoms with Crippen LogP contribution in [0.15, 0.2) is 18.2 Å². The van der Waals surface area contributed by atoms with Crippen LogP contribution in [0.1, 0.15) is 0 Å². The average Bonchev–Trinajstić information content (AvgIpc) is 2.79. The number of ether oxygens (including phenoxy) is 1. The van der Waals surface area contributed by atoms with Gasteiger partial charge in [-0.05, 0) is 19.2 Å². The number of carboxylic acid groups (broad SMARTS) is 1. The summed E-state index contributed by atoms with van der Waals surface area (Å²) in [5.74, 6) is -0.368. The van der Waals surface area contributed by atoms with Gasteiger partial charge in [0, 0.05) is 19.2 Å². The van der Waals surface area contributed by atoms with Gasteiger partial charge in [-0.25, -0.2) is 9.78 Å². The van der Waals surface area contributed by atoms with Gasteiger partial charge in [0.25, 0.3) is 0 Å². The number of aromatic nitrogens is 1. The molecule has 0 spiro atoms. The lowest BCUT2D eigenvalue weighted by Crippen LogP contribution is -2.34. The molecule has 2 rings (SSSR count). The molecule has 22 heavy (non-hydrogen) atoms. The second-order valence-electron chi connectivity index (χ2n) is 4.21. The van der Waals surface area contributed by atoms with Gasteiger partial charge >= 0.3 is 12.5 Å². The summed E-state index contributed by atoms with van der Waals surface area (Å²) in [7, 11) is 1.68. The molecule has 0 aliphatic carbocycles. The number of rotatable bonds is 5. The molecule has 2 N–H and O–H groups in total. The van der Waals surface area contributed by atoms with Gasteiger partial charge in [-0.2, -0.15) is 0 Å². The molecule has 120 valence electrons. The lowest BCUT2D eigenvalue weighted by atomic mass is 10.3. The number of carbonyl (C=O) groups is 1. The fraction of sp³-hybridized carbons (Fsp3) is 0.333. The van der Waals surface area contributed by atoms with E-state index in [4.69, 9.17) is 0 Å². The van der Waals surface area contributed by atoms with Gasteiger partial charge < -0.3 is 15.2 Å². The van der Waals surface area contributed by atoms with Gasteiger partial charge in [0.2, 0.25) is 0 Å². The van der Waals surface area contributed by atoms with Crippen LogP contribution in [0.5, 0.6) is 5.75 Å². The highest BCUT2D eigenvalue weighted by molar-refractivity contribution is 7.22. The summed E-state index contributed by atoms with van der Waals surface area (Å²) in [6, 6.07) is 3.68. The van der Waals surface area contributed by atoms with Crippen molar-refractivity contribution in [3.8, 4) is 5.75 Å². The fourth-order valence-electron chi connectivity index (χ4n) is 1.70. The van der Waals surface area contributed by atoms with E-state index in [1.54, 1.807) is 7.05 Å². The molecule has 0 aliphatic heterocycles. The molecule has 6 nitrogen and oxygen atoms in total. The third kappa shape index (κ3) is 3.98. The van der Waals surface area contributed by atoms with Crippen LogP contribution in [0.25, 0.3) is 10.2 Å². The van der Waals surface area contributed by atoms with E-state index in [1.165, 1.54) is 12.1 Å². The Balaban J connectivity index is 2.30. The average molecular weight is 335 g/mol. The fourth-order valence-corrected chi connectivity index (χ4v) is 2.72. The number of amides is 1. The summed E-state index contributed by atoms with van der Waals surface area (Å²) in [5.41, 5.74) is 0.408. The molecule has 0 radical (unpaired) electrons. The zero-order chi connectivity index (χ0) is 16.3. The summed E-state index contributed by atoms with van der Waals surface area (Å²) in [6.45, 7) is 0.599. The van der Waals surface area contributed by atoms with Crippen molar-refractivity contribution in [2.24, 2.45) is 0 Å². The summed E-state index contributed by atoms with van der Waals surface area (Å²) in [6.07, 6.45) is -5.96. The molecule has 0 bridgehead atoms. The number of benzene rings is 1. The predicted octanol–water partition coefficient (Wildman–Crippen LogP) is 2.90. The Morgan fingerprint density at radius 1 is 1.50 bits per heavy atom. The van der Waals surface area contributed by atoms with E-state index in [0.29, 0.717) is 16.8 Å². The van der Waals surface area contributed by atoms with Crippen molar-refractivity contribution in [3.05, 3.63) is 18.2 Å². The van der Waals surface area contributed by atoms with E-state index in [-0.39, 0.29) is 17.4 Å². The third-order valence-corrected chi connectivity index (χ3v) is 3.67. The Labute approximate surface area is 127 Å². The molecular formula is C12H12F3N3O3S. The van der Waals surface area contributed by atoms with Crippen LogP contribution < -0.4 is 15.0 Å². The first kappa shape index (κ1) is 16.3. The third-order valence-electron chi connectivity index (χ3n) is 2.63. The van der Waals surface area contributed by atoms with Gasteiger partial charge in [-0.15, -0.1) is 13.2 Å². The maximum Gasteiger partial charge on any atom is 0.573 e. The van der Waals surface area contributed by atoms with E-state index in [9.17, 15) is 23.1 Å². The minimum Gasteiger partial charge on any atom is -0.465 e. The minimum absolute atomic E-state index is 0.178. The normalized spacial score (nSPS) is 11.6. The minimum atomic E-state index is -4.78. The van der Waals surface area contributed by atoms with Crippen molar-refractivity contribution in [2.45, 2.75) is 6.36 Å². The van der Waals surface area contributed by atoms with Crippen LogP contribution in [0.2, 0.25) is 0 Å². The lowest BCUT2D eigenvalue weighted by molar-refractivity contribution is -0.274. The highest BCUT2D eigenvalue weighted by Crippen LogP contribution is 2.33. The highest BCUT2D eigenvalue weighted by Gasteiger charge is 2.31. The summed E-state index contributed by atoms with van der Waals surface area (Å²) in [5, 5.41) is 12.2. The number of anilines is 1. The van der Waals surface area contributed by atoms with Gasteiger partial charge in [0.05, 0.1) is 10.2 Å². The summed E-state index contributed by atoms with van der Waals surface area (Å²) >= 11 is 0.983. The van der Waals surface area contributed by atoms with E-state index >= 15 is 0 Å². The monoisotopic (exact) mass is 335 g/mol. The van der Waals surface area contributed by atoms with Crippen LogP contribution in [0.4, 0.5) is 23.1 Å². The molecule has 10 heteroatoms. The van der Waals surface area contributed by atoms with Crippen LogP contribution in [0, 0.1) is 0 Å². The standard InChI is InChI=1S/C12H12F3N3O3S/c1-16-4-5-18(11(19)20)10-17-8-3-2-7(6-9(8)22-10)21-12(13,14)15/h2-3,6,16H,4-5H2,1H3,(H,19,20). The van der Waals surface area contributed by atoms with Gasteiger partial charge in [-0.1, -0.05) is 11.3 Å². The molecule has 0 aliphatic rings. The van der Waals surface area contributed by atoms with E-state index in [0.717, 1.165) is 22.3 Å². The zero-order valence-electron chi connectivity index (χ0n) is 11.3. The maximum absolute atomic E-state index is 12.2. The molecule has 2 aromatic rings. The van der Waals surface area contributed by atoms with Crippen molar-refractivity contribution < 1.29 is 27.8 Å². The van der Waals surface area contributed by atoms with Gasteiger partial charge in [-0.3, -0.25) is 4.90 Å². The van der Waals surface area contributed by atoms with E-state index < -0.39 is 12.5 Å². The van der Waals surface area contributed by atoms with Crippen molar-refractivity contribution in [3.63, 3.8) is 0 Å². The summed E-state index contributed by atoms with van der Waals surface area (Å²) in [4.78, 5) is 16.4. The van der Waals surface area contributed by atoms with Crippen molar-refractivity contribution in [1.29, 1.82) is 0 Å². The topological polar surface area (TPSA) is 74.7 Å². The number of alkyl halides is 3. The number of nitrogens with zero attached hydrogens (tertiary/aromatic N) is 2. The molecule has 1 amide bonds. The molecule has 0 unspecified atom stereocenters. The predicted molar refractivity (Wildman–Crippen MR) is 75.6 cm³/mol. The number of halogens is 3. The second kappa shape index (κ2) is 6.36. The SMILES string of the molecule is CNCCN(C(=O)O)c1nc2ccc(OC(F)(F)F)cc2s1. The number of likely N-dealkylation sites (N-methyl/N-ethyl adjacent to an activating group) is 1. The van der Waals surface area contributed by atoms with Crippen LogP contribution in [-0.4, -0.2) is 42.7 Å². The molecule has 0 saturated carbocycles. The first-order valence-corrected chi connectivity index (χ1v) is 6.93. The van der Waals surface area contributed by atoms with Crippen molar-refractivity contribution in [1.82, 2.24) is 10.3 Å². The van der Waals surface area contributed by atoms with Crippen molar-refractivity contribution in [2.75, 3.05) is 25.0 Å². The zero-order valence-corrected chi connectivity index (χ0v) is 12.2. The smallest absolute Gasteiger partial charge is 0.465 e. The molecular weight excluding hydrogens is 323 g/mol. The Hall–Kier alpha value is -2.07. The number of fused-ring (bicyclic) bond motifs is 1. The van der Waals surface area contributed by atoms with E-state index in [1.807, 2.05) is 0 Å².